The first-order chi connectivity index (χ1) is 8.72. The van der Waals surface area contributed by atoms with Gasteiger partial charge in [0.25, 0.3) is 0 Å². The molecule has 0 aliphatic carbocycles. The smallest absolute Gasteiger partial charge is 0.338 e. The number of carbonyl (C=O) groups is 1. The Labute approximate surface area is 115 Å². The number of ether oxygens (including phenoxy) is 1. The molecule has 1 atom stereocenters. The van der Waals surface area contributed by atoms with Crippen LogP contribution >= 0.6 is 15.9 Å². The predicted molar refractivity (Wildman–Crippen MR) is 72.5 cm³/mol. The molecule has 3 aliphatic rings. The van der Waals surface area contributed by atoms with E-state index >= 15 is 0 Å². The van der Waals surface area contributed by atoms with Crippen LogP contribution in [0.4, 0.5) is 0 Å². The summed E-state index contributed by atoms with van der Waals surface area (Å²) >= 11 is 3.37. The molecule has 0 radical (unpaired) electrons. The Kier molecular flexibility index (Phi) is 3.39. The third kappa shape index (κ3) is 2.45. The molecule has 18 heavy (non-hydrogen) atoms. The van der Waals surface area contributed by atoms with E-state index in [0.29, 0.717) is 11.5 Å². The SMILES string of the molecule is O=C(OC1CN2CCC1CC2)c1cccc(Br)c1. The molecule has 4 rings (SSSR count). The van der Waals surface area contributed by atoms with E-state index in [-0.39, 0.29) is 12.1 Å². The quantitative estimate of drug-likeness (QED) is 0.787. The molecule has 0 saturated carbocycles. The Hall–Kier alpha value is -0.870. The van der Waals surface area contributed by atoms with Crippen LogP contribution in [0.25, 0.3) is 0 Å². The van der Waals surface area contributed by atoms with Crippen molar-refractivity contribution in [2.45, 2.75) is 18.9 Å². The molecule has 3 nitrogen and oxygen atoms in total. The van der Waals surface area contributed by atoms with Crippen molar-refractivity contribution in [3.05, 3.63) is 34.3 Å². The zero-order valence-electron chi connectivity index (χ0n) is 10.1. The molecular formula is C14H16BrNO2. The second-order valence-corrected chi connectivity index (χ2v) is 6.01. The molecule has 0 amide bonds. The maximum atomic E-state index is 12.1. The number of hydrogen-bond acceptors (Lipinski definition) is 3. The van der Waals surface area contributed by atoms with E-state index < -0.39 is 0 Å². The number of benzene rings is 1. The van der Waals surface area contributed by atoms with Gasteiger partial charge in [0.2, 0.25) is 0 Å². The minimum atomic E-state index is -0.199. The number of nitrogens with zero attached hydrogens (tertiary/aromatic N) is 1. The second kappa shape index (κ2) is 5.02. The lowest BCUT2D eigenvalue weighted by molar-refractivity contribution is -0.0455. The number of carbonyl (C=O) groups excluding carboxylic acids is 1. The van der Waals surface area contributed by atoms with Crippen molar-refractivity contribution in [3.8, 4) is 0 Å². The number of piperidine rings is 3. The van der Waals surface area contributed by atoms with Crippen molar-refractivity contribution in [2.24, 2.45) is 5.92 Å². The Morgan fingerprint density at radius 2 is 2.11 bits per heavy atom. The first-order valence-corrected chi connectivity index (χ1v) is 7.20. The average Bonchev–Trinajstić information content (AvgIpc) is 2.40. The van der Waals surface area contributed by atoms with Crippen molar-refractivity contribution in [2.75, 3.05) is 19.6 Å². The molecule has 1 aromatic rings. The molecule has 0 N–H and O–H groups in total. The van der Waals surface area contributed by atoms with E-state index in [9.17, 15) is 4.79 Å². The van der Waals surface area contributed by atoms with E-state index in [1.807, 2.05) is 18.2 Å². The van der Waals surface area contributed by atoms with E-state index in [1.54, 1.807) is 6.07 Å². The number of rotatable bonds is 2. The van der Waals surface area contributed by atoms with Gasteiger partial charge in [-0.3, -0.25) is 4.90 Å². The Morgan fingerprint density at radius 3 is 2.72 bits per heavy atom. The summed E-state index contributed by atoms with van der Waals surface area (Å²) in [6, 6.07) is 7.38. The maximum absolute atomic E-state index is 12.1. The van der Waals surface area contributed by atoms with Gasteiger partial charge in [-0.05, 0) is 50.0 Å². The lowest BCUT2D eigenvalue weighted by Crippen LogP contribution is -2.51. The molecule has 3 fully saturated rings. The highest BCUT2D eigenvalue weighted by Gasteiger charge is 2.36. The Balaban J connectivity index is 1.68. The van der Waals surface area contributed by atoms with Crippen LogP contribution in [0, 0.1) is 5.92 Å². The molecule has 3 saturated heterocycles. The van der Waals surface area contributed by atoms with Gasteiger partial charge in [0, 0.05) is 11.0 Å². The molecule has 0 aromatic heterocycles. The number of esters is 1. The van der Waals surface area contributed by atoms with Gasteiger partial charge in [-0.25, -0.2) is 4.79 Å². The summed E-state index contributed by atoms with van der Waals surface area (Å²) in [6.07, 6.45) is 2.41. The minimum absolute atomic E-state index is 0.0824. The lowest BCUT2D eigenvalue weighted by Gasteiger charge is -2.43. The predicted octanol–water partition coefficient (Wildman–Crippen LogP) is 2.70. The number of halogens is 1. The van der Waals surface area contributed by atoms with Crippen LogP contribution in [0.2, 0.25) is 0 Å². The first kappa shape index (κ1) is 12.2. The van der Waals surface area contributed by atoms with E-state index in [4.69, 9.17) is 4.74 Å². The van der Waals surface area contributed by atoms with Crippen LogP contribution in [-0.4, -0.2) is 36.6 Å². The van der Waals surface area contributed by atoms with Crippen molar-refractivity contribution < 1.29 is 9.53 Å². The Bertz CT molecular complexity index is 455. The van der Waals surface area contributed by atoms with Crippen LogP contribution in [0.5, 0.6) is 0 Å². The third-order valence-corrected chi connectivity index (χ3v) is 4.41. The summed E-state index contributed by atoms with van der Waals surface area (Å²) < 4.78 is 6.57. The molecule has 1 unspecified atom stereocenters. The Morgan fingerprint density at radius 1 is 1.33 bits per heavy atom. The van der Waals surface area contributed by atoms with Crippen molar-refractivity contribution >= 4 is 21.9 Å². The van der Waals surface area contributed by atoms with E-state index in [2.05, 4.69) is 20.8 Å². The first-order valence-electron chi connectivity index (χ1n) is 6.41. The number of fused-ring (bicyclic) bond motifs is 3. The molecule has 0 spiro atoms. The standard InChI is InChI=1S/C14H16BrNO2/c15-12-3-1-2-11(8-12)14(17)18-13-9-16-6-4-10(13)5-7-16/h1-3,8,10,13H,4-7,9H2. The largest absolute Gasteiger partial charge is 0.457 e. The van der Waals surface area contributed by atoms with Crippen LogP contribution in [0.1, 0.15) is 23.2 Å². The summed E-state index contributed by atoms with van der Waals surface area (Å²) in [4.78, 5) is 14.5. The van der Waals surface area contributed by atoms with Crippen LogP contribution in [0.3, 0.4) is 0 Å². The highest BCUT2D eigenvalue weighted by molar-refractivity contribution is 9.10. The summed E-state index contributed by atoms with van der Waals surface area (Å²) in [7, 11) is 0. The van der Waals surface area contributed by atoms with Gasteiger partial charge in [-0.1, -0.05) is 22.0 Å². The fraction of sp³-hybridized carbons (Fsp3) is 0.500. The summed E-state index contributed by atoms with van der Waals surface area (Å²) in [5.41, 5.74) is 0.626. The molecule has 1 aromatic carbocycles. The zero-order chi connectivity index (χ0) is 12.5. The zero-order valence-corrected chi connectivity index (χ0v) is 11.7. The van der Waals surface area contributed by atoms with Crippen molar-refractivity contribution in [1.29, 1.82) is 0 Å². The highest BCUT2D eigenvalue weighted by Crippen LogP contribution is 2.30. The maximum Gasteiger partial charge on any atom is 0.338 e. The average molecular weight is 310 g/mol. The van der Waals surface area contributed by atoms with Crippen molar-refractivity contribution in [1.82, 2.24) is 4.90 Å². The number of hydrogen-bond donors (Lipinski definition) is 0. The monoisotopic (exact) mass is 309 g/mol. The van der Waals surface area contributed by atoms with Gasteiger partial charge in [0.15, 0.2) is 0 Å². The van der Waals surface area contributed by atoms with Crippen LogP contribution in [-0.2, 0) is 4.74 Å². The molecular weight excluding hydrogens is 294 g/mol. The second-order valence-electron chi connectivity index (χ2n) is 5.09. The molecule has 2 bridgehead atoms. The van der Waals surface area contributed by atoms with Gasteiger partial charge in [-0.15, -0.1) is 0 Å². The molecule has 3 heterocycles. The minimum Gasteiger partial charge on any atom is -0.457 e. The van der Waals surface area contributed by atoms with E-state index in [1.165, 1.54) is 0 Å². The lowest BCUT2D eigenvalue weighted by atomic mass is 9.86. The van der Waals surface area contributed by atoms with Gasteiger partial charge in [0.05, 0.1) is 5.56 Å². The normalized spacial score (nSPS) is 30.2. The molecule has 4 heteroatoms. The molecule has 3 aliphatic heterocycles. The summed E-state index contributed by atoms with van der Waals surface area (Å²) in [6.45, 7) is 3.23. The van der Waals surface area contributed by atoms with E-state index in [0.717, 1.165) is 36.9 Å². The van der Waals surface area contributed by atoms with Gasteiger partial charge >= 0.3 is 5.97 Å². The van der Waals surface area contributed by atoms with Crippen LogP contribution < -0.4 is 0 Å². The third-order valence-electron chi connectivity index (χ3n) is 3.91. The summed E-state index contributed by atoms with van der Waals surface area (Å²) in [5, 5.41) is 0. The van der Waals surface area contributed by atoms with Crippen LogP contribution in [0.15, 0.2) is 28.7 Å². The van der Waals surface area contributed by atoms with Gasteiger partial charge < -0.3 is 4.74 Å². The topological polar surface area (TPSA) is 29.5 Å². The fourth-order valence-corrected chi connectivity index (χ4v) is 3.26. The fourth-order valence-electron chi connectivity index (χ4n) is 2.87. The van der Waals surface area contributed by atoms with Crippen molar-refractivity contribution in [3.63, 3.8) is 0 Å². The molecule has 96 valence electrons. The highest BCUT2D eigenvalue weighted by atomic mass is 79.9. The van der Waals surface area contributed by atoms with Gasteiger partial charge in [0.1, 0.15) is 6.10 Å². The van der Waals surface area contributed by atoms with Gasteiger partial charge in [-0.2, -0.15) is 0 Å². The summed E-state index contributed by atoms with van der Waals surface area (Å²) in [5.74, 6) is 0.362.